The van der Waals surface area contributed by atoms with E-state index < -0.39 is 0 Å². The normalized spacial score (nSPS) is 26.9. The summed E-state index contributed by atoms with van der Waals surface area (Å²) in [6.45, 7) is 4.79. The van der Waals surface area contributed by atoms with E-state index >= 15 is 0 Å². The summed E-state index contributed by atoms with van der Waals surface area (Å²) in [5, 5.41) is 0. The van der Waals surface area contributed by atoms with Crippen LogP contribution in [0, 0.1) is 11.8 Å². The van der Waals surface area contributed by atoms with E-state index in [1.54, 1.807) is 19.0 Å². The standard InChI is InChI=1S/C14H27N3O2/c1-5-17(9-13(18)16(3)4)14(19)11-7-6-10(2)12(15)8-11/h10-12H,5-9,15H2,1-4H3. The summed E-state index contributed by atoms with van der Waals surface area (Å²) in [5.41, 5.74) is 6.05. The summed E-state index contributed by atoms with van der Waals surface area (Å²) >= 11 is 0. The van der Waals surface area contributed by atoms with Crippen LogP contribution in [-0.4, -0.2) is 54.8 Å². The third-order valence-electron chi connectivity index (χ3n) is 4.13. The minimum Gasteiger partial charge on any atom is -0.347 e. The first-order chi connectivity index (χ1) is 8.86. The molecule has 0 aromatic carbocycles. The molecule has 0 saturated heterocycles. The van der Waals surface area contributed by atoms with Crippen LogP contribution in [0.4, 0.5) is 0 Å². The molecule has 0 aliphatic heterocycles. The molecule has 1 rings (SSSR count). The lowest BCUT2D eigenvalue weighted by atomic mass is 9.79. The van der Waals surface area contributed by atoms with Crippen LogP contribution in [0.2, 0.25) is 0 Å². The highest BCUT2D eigenvalue weighted by Gasteiger charge is 2.32. The first-order valence-corrected chi connectivity index (χ1v) is 7.11. The fraction of sp³-hybridized carbons (Fsp3) is 0.857. The molecule has 19 heavy (non-hydrogen) atoms. The first kappa shape index (κ1) is 16.0. The van der Waals surface area contributed by atoms with Crippen molar-refractivity contribution >= 4 is 11.8 Å². The summed E-state index contributed by atoms with van der Waals surface area (Å²) in [4.78, 5) is 27.3. The van der Waals surface area contributed by atoms with Crippen molar-refractivity contribution in [1.82, 2.24) is 9.80 Å². The van der Waals surface area contributed by atoms with E-state index in [4.69, 9.17) is 5.73 Å². The largest absolute Gasteiger partial charge is 0.347 e. The molecule has 110 valence electrons. The maximum Gasteiger partial charge on any atom is 0.241 e. The Labute approximate surface area is 116 Å². The van der Waals surface area contributed by atoms with Crippen molar-refractivity contribution in [3.8, 4) is 0 Å². The number of amides is 2. The number of hydrogen-bond donors (Lipinski definition) is 1. The van der Waals surface area contributed by atoms with Gasteiger partial charge in [-0.1, -0.05) is 6.92 Å². The highest BCUT2D eigenvalue weighted by molar-refractivity contribution is 5.85. The molecule has 1 saturated carbocycles. The van der Waals surface area contributed by atoms with Crippen LogP contribution in [0.15, 0.2) is 0 Å². The molecule has 2 amide bonds. The Kier molecular flexibility index (Phi) is 5.79. The van der Waals surface area contributed by atoms with Gasteiger partial charge < -0.3 is 15.5 Å². The van der Waals surface area contributed by atoms with E-state index in [1.165, 1.54) is 4.90 Å². The van der Waals surface area contributed by atoms with Gasteiger partial charge in [-0.3, -0.25) is 9.59 Å². The predicted molar refractivity (Wildman–Crippen MR) is 75.4 cm³/mol. The van der Waals surface area contributed by atoms with Crippen LogP contribution in [-0.2, 0) is 9.59 Å². The van der Waals surface area contributed by atoms with E-state index in [1.807, 2.05) is 6.92 Å². The predicted octanol–water partition coefficient (Wildman–Crippen LogP) is 0.687. The monoisotopic (exact) mass is 269 g/mol. The number of likely N-dealkylation sites (N-methyl/N-ethyl adjacent to an activating group) is 2. The summed E-state index contributed by atoms with van der Waals surface area (Å²) in [6, 6.07) is 0.103. The van der Waals surface area contributed by atoms with Gasteiger partial charge in [0, 0.05) is 32.6 Å². The lowest BCUT2D eigenvalue weighted by Gasteiger charge is -2.34. The Morgan fingerprint density at radius 3 is 2.37 bits per heavy atom. The average Bonchev–Trinajstić information content (AvgIpc) is 2.37. The van der Waals surface area contributed by atoms with Gasteiger partial charge in [-0.25, -0.2) is 0 Å². The highest BCUT2D eigenvalue weighted by atomic mass is 16.2. The molecule has 5 heteroatoms. The number of nitrogens with two attached hydrogens (primary N) is 1. The second kappa shape index (κ2) is 6.89. The maximum absolute atomic E-state index is 12.4. The van der Waals surface area contributed by atoms with Gasteiger partial charge in [-0.15, -0.1) is 0 Å². The quantitative estimate of drug-likeness (QED) is 0.816. The van der Waals surface area contributed by atoms with Crippen LogP contribution in [0.25, 0.3) is 0 Å². The lowest BCUT2D eigenvalue weighted by molar-refractivity contribution is -0.142. The summed E-state index contributed by atoms with van der Waals surface area (Å²) in [6.07, 6.45) is 2.63. The Hall–Kier alpha value is -1.10. The number of carbonyl (C=O) groups is 2. The van der Waals surface area contributed by atoms with Gasteiger partial charge in [-0.2, -0.15) is 0 Å². The van der Waals surface area contributed by atoms with Crippen molar-refractivity contribution in [3.05, 3.63) is 0 Å². The SMILES string of the molecule is CCN(CC(=O)N(C)C)C(=O)C1CCC(C)C(N)C1. The Bertz CT molecular complexity index is 331. The maximum atomic E-state index is 12.4. The molecular formula is C14H27N3O2. The zero-order chi connectivity index (χ0) is 14.6. The Morgan fingerprint density at radius 2 is 1.89 bits per heavy atom. The minimum absolute atomic E-state index is 0.0129. The van der Waals surface area contributed by atoms with Gasteiger partial charge in [-0.05, 0) is 32.1 Å². The van der Waals surface area contributed by atoms with E-state index in [0.29, 0.717) is 12.5 Å². The number of nitrogens with zero attached hydrogens (tertiary/aromatic N) is 2. The average molecular weight is 269 g/mol. The van der Waals surface area contributed by atoms with Gasteiger partial charge in [0.05, 0.1) is 6.54 Å². The molecule has 5 nitrogen and oxygen atoms in total. The molecule has 0 heterocycles. The van der Waals surface area contributed by atoms with Crippen LogP contribution >= 0.6 is 0 Å². The summed E-state index contributed by atoms with van der Waals surface area (Å²) < 4.78 is 0. The lowest BCUT2D eigenvalue weighted by Crippen LogP contribution is -2.46. The molecule has 3 atom stereocenters. The van der Waals surface area contributed by atoms with Crippen LogP contribution in [0.1, 0.15) is 33.1 Å². The van der Waals surface area contributed by atoms with Crippen molar-refractivity contribution in [2.75, 3.05) is 27.2 Å². The smallest absolute Gasteiger partial charge is 0.241 e. The summed E-state index contributed by atoms with van der Waals surface area (Å²) in [5.74, 6) is 0.521. The van der Waals surface area contributed by atoms with E-state index in [0.717, 1.165) is 19.3 Å². The molecule has 0 radical (unpaired) electrons. The molecular weight excluding hydrogens is 242 g/mol. The first-order valence-electron chi connectivity index (χ1n) is 7.11. The third-order valence-corrected chi connectivity index (χ3v) is 4.13. The highest BCUT2D eigenvalue weighted by Crippen LogP contribution is 2.29. The Morgan fingerprint density at radius 1 is 1.26 bits per heavy atom. The topological polar surface area (TPSA) is 66.6 Å². The van der Waals surface area contributed by atoms with Crippen LogP contribution < -0.4 is 5.73 Å². The van der Waals surface area contributed by atoms with Crippen molar-refractivity contribution in [1.29, 1.82) is 0 Å². The molecule has 2 N–H and O–H groups in total. The molecule has 1 fully saturated rings. The summed E-state index contributed by atoms with van der Waals surface area (Å²) in [7, 11) is 3.41. The van der Waals surface area contributed by atoms with Gasteiger partial charge in [0.2, 0.25) is 11.8 Å². The fourth-order valence-electron chi connectivity index (χ4n) is 2.49. The van der Waals surface area contributed by atoms with Crippen LogP contribution in [0.3, 0.4) is 0 Å². The molecule has 1 aliphatic rings. The molecule has 0 aromatic heterocycles. The molecule has 0 bridgehead atoms. The van der Waals surface area contributed by atoms with Crippen molar-refractivity contribution < 1.29 is 9.59 Å². The van der Waals surface area contributed by atoms with Gasteiger partial charge in [0.25, 0.3) is 0 Å². The van der Waals surface area contributed by atoms with E-state index in [9.17, 15) is 9.59 Å². The second-order valence-corrected chi connectivity index (χ2v) is 5.79. The fourth-order valence-corrected chi connectivity index (χ4v) is 2.49. The van der Waals surface area contributed by atoms with E-state index in [2.05, 4.69) is 6.92 Å². The Balaban J connectivity index is 2.61. The number of carbonyl (C=O) groups excluding carboxylic acids is 2. The molecule has 1 aliphatic carbocycles. The zero-order valence-electron chi connectivity index (χ0n) is 12.6. The molecule has 0 spiro atoms. The molecule has 3 unspecified atom stereocenters. The number of hydrogen-bond acceptors (Lipinski definition) is 3. The van der Waals surface area contributed by atoms with Crippen molar-refractivity contribution in [2.24, 2.45) is 17.6 Å². The van der Waals surface area contributed by atoms with Gasteiger partial charge in [0.1, 0.15) is 0 Å². The van der Waals surface area contributed by atoms with Crippen LogP contribution in [0.5, 0.6) is 0 Å². The van der Waals surface area contributed by atoms with Gasteiger partial charge >= 0.3 is 0 Å². The van der Waals surface area contributed by atoms with Crippen molar-refractivity contribution in [2.45, 2.75) is 39.2 Å². The zero-order valence-corrected chi connectivity index (χ0v) is 12.6. The van der Waals surface area contributed by atoms with E-state index in [-0.39, 0.29) is 30.3 Å². The van der Waals surface area contributed by atoms with Gasteiger partial charge in [0.15, 0.2) is 0 Å². The van der Waals surface area contributed by atoms with Crippen molar-refractivity contribution in [3.63, 3.8) is 0 Å². The molecule has 0 aromatic rings. The minimum atomic E-state index is -0.0383. The third kappa shape index (κ3) is 4.20. The number of rotatable bonds is 4. The second-order valence-electron chi connectivity index (χ2n) is 5.79.